The van der Waals surface area contributed by atoms with Gasteiger partial charge in [0.1, 0.15) is 5.75 Å². The first-order valence-corrected chi connectivity index (χ1v) is 8.48. The number of nitrogens with one attached hydrogen (secondary N) is 2. The van der Waals surface area contributed by atoms with Crippen LogP contribution in [-0.4, -0.2) is 38.0 Å². The molecule has 0 aromatic heterocycles. The molecule has 2 aromatic rings. The van der Waals surface area contributed by atoms with Crippen LogP contribution in [0.2, 0.25) is 0 Å². The number of rotatable bonds is 8. The van der Waals surface area contributed by atoms with Gasteiger partial charge in [-0.15, -0.1) is 0 Å². The van der Waals surface area contributed by atoms with E-state index in [1.165, 1.54) is 0 Å². The number of benzene rings is 2. The van der Waals surface area contributed by atoms with Gasteiger partial charge in [0.15, 0.2) is 0 Å². The van der Waals surface area contributed by atoms with E-state index in [1.54, 1.807) is 62.6 Å². The molecule has 0 atom stereocenters. The highest BCUT2D eigenvalue weighted by Gasteiger charge is 2.09. The first kappa shape index (κ1) is 20.0. The molecule has 0 heterocycles. The summed E-state index contributed by atoms with van der Waals surface area (Å²) in [6, 6.07) is 13.5. The van der Waals surface area contributed by atoms with Crippen molar-refractivity contribution in [3.63, 3.8) is 0 Å². The molecule has 0 aliphatic heterocycles. The molecule has 0 aliphatic carbocycles. The van der Waals surface area contributed by atoms with Crippen molar-refractivity contribution in [2.75, 3.05) is 25.6 Å². The lowest BCUT2D eigenvalue weighted by Gasteiger charge is -2.08. The number of methoxy groups -OCH3 is 1. The fraction of sp³-hybridized carbons (Fsp3) is 0.250. The lowest BCUT2D eigenvalue weighted by Crippen LogP contribution is -2.33. The van der Waals surface area contributed by atoms with E-state index in [0.717, 1.165) is 5.56 Å². The van der Waals surface area contributed by atoms with Gasteiger partial charge in [-0.1, -0.05) is 12.1 Å². The van der Waals surface area contributed by atoms with Crippen molar-refractivity contribution in [3.8, 4) is 5.75 Å². The van der Waals surface area contributed by atoms with Crippen molar-refractivity contribution < 1.29 is 23.9 Å². The standard InChI is InChI=1S/C20H22N2O5/c1-3-27-20(25)15-6-8-16(9-7-15)22-19(24)13-21-18(23)12-14-4-10-17(26-2)11-5-14/h4-11H,3,12-13H2,1-2H3,(H,21,23)(H,22,24). The Morgan fingerprint density at radius 2 is 1.59 bits per heavy atom. The van der Waals surface area contributed by atoms with Gasteiger partial charge in [-0.2, -0.15) is 0 Å². The Hall–Kier alpha value is -3.35. The Morgan fingerprint density at radius 1 is 0.926 bits per heavy atom. The minimum Gasteiger partial charge on any atom is -0.497 e. The largest absolute Gasteiger partial charge is 0.497 e. The number of hydrogen-bond acceptors (Lipinski definition) is 5. The molecular weight excluding hydrogens is 348 g/mol. The van der Waals surface area contributed by atoms with Crippen molar-refractivity contribution in [1.82, 2.24) is 5.32 Å². The summed E-state index contributed by atoms with van der Waals surface area (Å²) in [4.78, 5) is 35.4. The Labute approximate surface area is 157 Å². The van der Waals surface area contributed by atoms with Crippen molar-refractivity contribution in [3.05, 3.63) is 59.7 Å². The second-order valence-electron chi connectivity index (χ2n) is 5.65. The molecule has 0 spiro atoms. The van der Waals surface area contributed by atoms with Crippen molar-refractivity contribution in [2.45, 2.75) is 13.3 Å². The maximum atomic E-state index is 11.9. The van der Waals surface area contributed by atoms with Crippen LogP contribution in [0.4, 0.5) is 5.69 Å². The van der Waals surface area contributed by atoms with Gasteiger partial charge in [-0.05, 0) is 48.9 Å². The number of amides is 2. The average Bonchev–Trinajstić information content (AvgIpc) is 2.68. The molecule has 2 aromatic carbocycles. The van der Waals surface area contributed by atoms with Gasteiger partial charge in [0.2, 0.25) is 11.8 Å². The van der Waals surface area contributed by atoms with Crippen LogP contribution in [0.3, 0.4) is 0 Å². The third kappa shape index (κ3) is 6.47. The maximum Gasteiger partial charge on any atom is 0.338 e. The van der Waals surface area contributed by atoms with E-state index < -0.39 is 5.97 Å². The van der Waals surface area contributed by atoms with Gasteiger partial charge >= 0.3 is 5.97 Å². The molecule has 27 heavy (non-hydrogen) atoms. The van der Waals surface area contributed by atoms with Gasteiger partial charge in [-0.3, -0.25) is 9.59 Å². The van der Waals surface area contributed by atoms with Crippen LogP contribution >= 0.6 is 0 Å². The molecule has 7 nitrogen and oxygen atoms in total. The third-order valence-electron chi connectivity index (χ3n) is 3.65. The maximum absolute atomic E-state index is 11.9. The normalized spacial score (nSPS) is 10.0. The van der Waals surface area contributed by atoms with E-state index in [-0.39, 0.29) is 24.8 Å². The second kappa shape index (κ2) is 9.96. The number of esters is 1. The predicted molar refractivity (Wildman–Crippen MR) is 101 cm³/mol. The molecule has 7 heteroatoms. The molecule has 0 unspecified atom stereocenters. The summed E-state index contributed by atoms with van der Waals surface area (Å²) in [6.45, 7) is 1.89. The van der Waals surface area contributed by atoms with Crippen molar-refractivity contribution in [2.24, 2.45) is 0 Å². The van der Waals surface area contributed by atoms with Gasteiger partial charge in [0.25, 0.3) is 0 Å². The molecule has 0 radical (unpaired) electrons. The second-order valence-corrected chi connectivity index (χ2v) is 5.65. The zero-order chi connectivity index (χ0) is 19.6. The molecule has 2 rings (SSSR count). The van der Waals surface area contributed by atoms with Crippen LogP contribution in [0.1, 0.15) is 22.8 Å². The number of carbonyl (C=O) groups is 3. The minimum absolute atomic E-state index is 0.144. The van der Waals surface area contributed by atoms with Crippen LogP contribution in [0.25, 0.3) is 0 Å². The molecule has 0 bridgehead atoms. The molecule has 0 saturated heterocycles. The van der Waals surface area contributed by atoms with E-state index in [0.29, 0.717) is 23.6 Å². The summed E-state index contributed by atoms with van der Waals surface area (Å²) < 4.78 is 9.96. The van der Waals surface area contributed by atoms with Gasteiger partial charge in [0, 0.05) is 5.69 Å². The Balaban J connectivity index is 1.77. The van der Waals surface area contributed by atoms with Crippen LogP contribution in [-0.2, 0) is 20.7 Å². The minimum atomic E-state index is -0.416. The third-order valence-corrected chi connectivity index (χ3v) is 3.65. The van der Waals surface area contributed by atoms with Crippen LogP contribution in [0.5, 0.6) is 5.75 Å². The summed E-state index contributed by atoms with van der Waals surface area (Å²) in [5.74, 6) is -0.316. The van der Waals surface area contributed by atoms with Crippen molar-refractivity contribution >= 4 is 23.5 Å². The van der Waals surface area contributed by atoms with Crippen LogP contribution < -0.4 is 15.4 Å². The molecule has 142 valence electrons. The highest BCUT2D eigenvalue weighted by atomic mass is 16.5. The highest BCUT2D eigenvalue weighted by Crippen LogP contribution is 2.12. The monoisotopic (exact) mass is 370 g/mol. The summed E-state index contributed by atoms with van der Waals surface area (Å²) >= 11 is 0. The SMILES string of the molecule is CCOC(=O)c1ccc(NC(=O)CNC(=O)Cc2ccc(OC)cc2)cc1. The van der Waals surface area contributed by atoms with E-state index in [4.69, 9.17) is 9.47 Å². The predicted octanol–water partition coefficient (Wildman–Crippen LogP) is 2.17. The molecule has 2 N–H and O–H groups in total. The molecule has 2 amide bonds. The number of carbonyl (C=O) groups excluding carboxylic acids is 3. The quantitative estimate of drug-likeness (QED) is 0.695. The Morgan fingerprint density at radius 3 is 2.19 bits per heavy atom. The number of hydrogen-bond donors (Lipinski definition) is 2. The average molecular weight is 370 g/mol. The van der Waals surface area contributed by atoms with Gasteiger partial charge in [-0.25, -0.2) is 4.79 Å². The summed E-state index contributed by atoms with van der Waals surface area (Å²) in [5, 5.41) is 5.22. The van der Waals surface area contributed by atoms with Crippen molar-refractivity contribution in [1.29, 1.82) is 0 Å². The molecule has 0 aliphatic rings. The molecule has 0 saturated carbocycles. The highest BCUT2D eigenvalue weighted by molar-refractivity contribution is 5.95. The summed E-state index contributed by atoms with van der Waals surface area (Å²) in [7, 11) is 1.57. The first-order chi connectivity index (χ1) is 13.0. The first-order valence-electron chi connectivity index (χ1n) is 8.48. The summed E-state index contributed by atoms with van der Waals surface area (Å²) in [6.07, 6.45) is 0.172. The molecule has 0 fully saturated rings. The Kier molecular flexibility index (Phi) is 7.37. The fourth-order valence-corrected chi connectivity index (χ4v) is 2.28. The smallest absolute Gasteiger partial charge is 0.338 e. The van der Waals surface area contributed by atoms with Gasteiger partial charge in [0.05, 0.1) is 32.2 Å². The van der Waals surface area contributed by atoms with E-state index >= 15 is 0 Å². The Bertz CT molecular complexity index is 785. The lowest BCUT2D eigenvalue weighted by atomic mass is 10.1. The van der Waals surface area contributed by atoms with Crippen LogP contribution in [0.15, 0.2) is 48.5 Å². The zero-order valence-corrected chi connectivity index (χ0v) is 15.3. The number of anilines is 1. The van der Waals surface area contributed by atoms with Crippen LogP contribution in [0, 0.1) is 0 Å². The zero-order valence-electron chi connectivity index (χ0n) is 15.3. The van der Waals surface area contributed by atoms with Gasteiger partial charge < -0.3 is 20.1 Å². The lowest BCUT2D eigenvalue weighted by molar-refractivity contribution is -0.123. The summed E-state index contributed by atoms with van der Waals surface area (Å²) in [5.41, 5.74) is 1.75. The van der Waals surface area contributed by atoms with E-state index in [9.17, 15) is 14.4 Å². The molecular formula is C20H22N2O5. The number of ether oxygens (including phenoxy) is 2. The van der Waals surface area contributed by atoms with E-state index in [1.807, 2.05) is 0 Å². The van der Waals surface area contributed by atoms with E-state index in [2.05, 4.69) is 10.6 Å². The topological polar surface area (TPSA) is 93.7 Å². The fourth-order valence-electron chi connectivity index (χ4n) is 2.28.